The van der Waals surface area contributed by atoms with Crippen LogP contribution in [0.4, 0.5) is 5.69 Å². The van der Waals surface area contributed by atoms with Gasteiger partial charge in [-0.15, -0.1) is 0 Å². The van der Waals surface area contributed by atoms with Crippen molar-refractivity contribution < 1.29 is 13.2 Å². The zero-order valence-electron chi connectivity index (χ0n) is 14.7. The topological polar surface area (TPSA) is 69.7 Å². The van der Waals surface area contributed by atoms with Crippen molar-refractivity contribution in [2.24, 2.45) is 5.92 Å². The van der Waals surface area contributed by atoms with Crippen LogP contribution < -0.4 is 9.62 Å². The molecule has 0 aliphatic carbocycles. The van der Waals surface area contributed by atoms with E-state index in [9.17, 15) is 13.2 Å². The van der Waals surface area contributed by atoms with Crippen LogP contribution in [0.2, 0.25) is 0 Å². The van der Waals surface area contributed by atoms with Crippen LogP contribution in [0.1, 0.15) is 29.6 Å². The van der Waals surface area contributed by atoms with Crippen molar-refractivity contribution >= 4 is 21.6 Å². The molecule has 1 aromatic carbocycles. The maximum absolute atomic E-state index is 12.2. The lowest BCUT2D eigenvalue weighted by atomic mass is 9.94. The summed E-state index contributed by atoms with van der Waals surface area (Å²) in [5, 5.41) is 2.95. The Labute approximate surface area is 144 Å². The summed E-state index contributed by atoms with van der Waals surface area (Å²) in [5.41, 5.74) is 1.09. The number of piperidine rings is 1. The second kappa shape index (κ2) is 7.98. The molecule has 7 heteroatoms. The van der Waals surface area contributed by atoms with Gasteiger partial charge in [0, 0.05) is 19.2 Å². The summed E-state index contributed by atoms with van der Waals surface area (Å²) >= 11 is 0. The lowest BCUT2D eigenvalue weighted by molar-refractivity contribution is 0.0949. The first-order valence-electron chi connectivity index (χ1n) is 8.28. The second-order valence-corrected chi connectivity index (χ2v) is 8.58. The summed E-state index contributed by atoms with van der Waals surface area (Å²) < 4.78 is 24.2. The number of rotatable bonds is 6. The van der Waals surface area contributed by atoms with E-state index >= 15 is 0 Å². The van der Waals surface area contributed by atoms with Crippen molar-refractivity contribution in [3.63, 3.8) is 0 Å². The van der Waals surface area contributed by atoms with E-state index in [4.69, 9.17) is 0 Å². The zero-order valence-corrected chi connectivity index (χ0v) is 15.5. The molecule has 1 aliphatic heterocycles. The minimum Gasteiger partial charge on any atom is -0.352 e. The summed E-state index contributed by atoms with van der Waals surface area (Å²) in [6, 6.07) is 6.60. The highest BCUT2D eigenvalue weighted by Gasteiger charge is 2.17. The maximum Gasteiger partial charge on any atom is 0.251 e. The Morgan fingerprint density at radius 1 is 1.25 bits per heavy atom. The highest BCUT2D eigenvalue weighted by atomic mass is 32.2. The molecule has 1 fully saturated rings. The van der Waals surface area contributed by atoms with Crippen LogP contribution in [0.25, 0.3) is 0 Å². The number of nitrogens with one attached hydrogen (secondary N) is 1. The molecule has 0 bridgehead atoms. The Bertz CT molecular complexity index is 650. The molecule has 2 rings (SSSR count). The normalized spacial score (nSPS) is 16.8. The molecule has 0 spiro atoms. The molecule has 6 nitrogen and oxygen atoms in total. The van der Waals surface area contributed by atoms with Crippen molar-refractivity contribution in [2.45, 2.75) is 19.3 Å². The number of likely N-dealkylation sites (tertiary alicyclic amines) is 1. The van der Waals surface area contributed by atoms with E-state index in [0.29, 0.717) is 23.7 Å². The van der Waals surface area contributed by atoms with Crippen LogP contribution in [-0.2, 0) is 10.0 Å². The van der Waals surface area contributed by atoms with Crippen molar-refractivity contribution in [3.8, 4) is 0 Å². The van der Waals surface area contributed by atoms with Crippen molar-refractivity contribution in [1.29, 1.82) is 0 Å². The predicted octanol–water partition coefficient (Wildman–Crippen LogP) is 1.54. The zero-order chi connectivity index (χ0) is 17.7. The molecule has 1 saturated heterocycles. The molecule has 1 aromatic rings. The smallest absolute Gasteiger partial charge is 0.251 e. The van der Waals surface area contributed by atoms with Crippen LogP contribution in [0, 0.1) is 5.92 Å². The van der Waals surface area contributed by atoms with E-state index in [1.165, 1.54) is 24.2 Å². The van der Waals surface area contributed by atoms with Gasteiger partial charge < -0.3 is 10.2 Å². The van der Waals surface area contributed by atoms with E-state index in [2.05, 4.69) is 17.3 Å². The number of hydrogen-bond donors (Lipinski definition) is 1. The monoisotopic (exact) mass is 353 g/mol. The molecule has 24 heavy (non-hydrogen) atoms. The first kappa shape index (κ1) is 18.7. The number of benzene rings is 1. The summed E-state index contributed by atoms with van der Waals surface area (Å²) in [5.74, 6) is 0.573. The molecule has 0 unspecified atom stereocenters. The SMILES string of the molecule is CN1CCC(CCNC(=O)c2ccc(N(C)S(C)(=O)=O)cc2)CC1. The lowest BCUT2D eigenvalue weighted by Gasteiger charge is -2.28. The van der Waals surface area contributed by atoms with E-state index in [1.54, 1.807) is 24.3 Å². The lowest BCUT2D eigenvalue weighted by Crippen LogP contribution is -2.32. The van der Waals surface area contributed by atoms with E-state index in [-0.39, 0.29) is 5.91 Å². The first-order chi connectivity index (χ1) is 11.3. The maximum atomic E-state index is 12.2. The Morgan fingerprint density at radius 2 is 1.83 bits per heavy atom. The number of amides is 1. The quantitative estimate of drug-likeness (QED) is 0.842. The van der Waals surface area contributed by atoms with Crippen molar-refractivity contribution in [3.05, 3.63) is 29.8 Å². The number of sulfonamides is 1. The molecule has 134 valence electrons. The Hall–Kier alpha value is -1.60. The summed E-state index contributed by atoms with van der Waals surface area (Å²) in [6.07, 6.45) is 4.54. The average Bonchev–Trinajstić information content (AvgIpc) is 2.55. The Balaban J connectivity index is 1.82. The fourth-order valence-corrected chi connectivity index (χ4v) is 3.36. The van der Waals surface area contributed by atoms with Gasteiger partial charge in [-0.1, -0.05) is 0 Å². The Morgan fingerprint density at radius 3 is 2.38 bits per heavy atom. The second-order valence-electron chi connectivity index (χ2n) is 6.57. The van der Waals surface area contributed by atoms with Crippen molar-refractivity contribution in [2.75, 3.05) is 44.3 Å². The highest BCUT2D eigenvalue weighted by Crippen LogP contribution is 2.19. The van der Waals surface area contributed by atoms with Gasteiger partial charge in [-0.2, -0.15) is 0 Å². The van der Waals surface area contributed by atoms with E-state index in [0.717, 1.165) is 25.8 Å². The summed E-state index contributed by atoms with van der Waals surface area (Å²) in [6.45, 7) is 2.94. The van der Waals surface area contributed by atoms with Crippen molar-refractivity contribution in [1.82, 2.24) is 10.2 Å². The fraction of sp³-hybridized carbons (Fsp3) is 0.588. The number of nitrogens with zero attached hydrogens (tertiary/aromatic N) is 2. The minimum absolute atomic E-state index is 0.114. The highest BCUT2D eigenvalue weighted by molar-refractivity contribution is 7.92. The van der Waals surface area contributed by atoms with Crippen LogP contribution in [0.5, 0.6) is 0 Å². The molecule has 0 radical (unpaired) electrons. The summed E-state index contributed by atoms with van der Waals surface area (Å²) in [7, 11) is 0.344. The predicted molar refractivity (Wildman–Crippen MR) is 96.9 cm³/mol. The van der Waals surface area contributed by atoms with E-state index in [1.807, 2.05) is 0 Å². The molecule has 1 amide bonds. The average molecular weight is 353 g/mol. The third-order valence-corrected chi connectivity index (χ3v) is 5.87. The minimum atomic E-state index is -3.29. The van der Waals surface area contributed by atoms with Crippen LogP contribution >= 0.6 is 0 Å². The third-order valence-electron chi connectivity index (χ3n) is 4.67. The van der Waals surface area contributed by atoms with Gasteiger partial charge in [0.1, 0.15) is 0 Å². The van der Waals surface area contributed by atoms with Crippen LogP contribution in [0.3, 0.4) is 0 Å². The van der Waals surface area contributed by atoms with Gasteiger partial charge >= 0.3 is 0 Å². The van der Waals surface area contributed by atoms with Crippen LogP contribution in [0.15, 0.2) is 24.3 Å². The Kier molecular flexibility index (Phi) is 6.23. The van der Waals surface area contributed by atoms with Gasteiger partial charge in [0.2, 0.25) is 10.0 Å². The first-order valence-corrected chi connectivity index (χ1v) is 10.1. The van der Waals surface area contributed by atoms with Crippen LogP contribution in [-0.4, -0.2) is 59.2 Å². The summed E-state index contributed by atoms with van der Waals surface area (Å²) in [4.78, 5) is 14.5. The van der Waals surface area contributed by atoms with Gasteiger partial charge in [-0.3, -0.25) is 9.10 Å². The van der Waals surface area contributed by atoms with Gasteiger partial charge in [0.15, 0.2) is 0 Å². The molecule has 1 aliphatic rings. The molecule has 0 saturated carbocycles. The van der Waals surface area contributed by atoms with Gasteiger partial charge in [-0.25, -0.2) is 8.42 Å². The number of carbonyl (C=O) groups excluding carboxylic acids is 1. The molecule has 0 atom stereocenters. The largest absolute Gasteiger partial charge is 0.352 e. The van der Waals surface area contributed by atoms with Gasteiger partial charge in [0.05, 0.1) is 11.9 Å². The number of carbonyl (C=O) groups is 1. The van der Waals surface area contributed by atoms with E-state index < -0.39 is 10.0 Å². The standard InChI is InChI=1S/C17H27N3O3S/c1-19-12-9-14(10-13-19)8-11-18-17(21)15-4-6-16(7-5-15)20(2)24(3,22)23/h4-7,14H,8-13H2,1-3H3,(H,18,21). The van der Waals surface area contributed by atoms with Gasteiger partial charge in [-0.05, 0) is 69.6 Å². The number of hydrogen-bond acceptors (Lipinski definition) is 4. The molecule has 0 aromatic heterocycles. The molecular weight excluding hydrogens is 326 g/mol. The molecule has 1 heterocycles. The molecular formula is C17H27N3O3S. The fourth-order valence-electron chi connectivity index (χ4n) is 2.86. The van der Waals surface area contributed by atoms with Gasteiger partial charge in [0.25, 0.3) is 5.91 Å². The third kappa shape index (κ3) is 5.21. The molecule has 1 N–H and O–H groups in total. The number of anilines is 1.